The fourth-order valence-electron chi connectivity index (χ4n) is 1.33. The highest BCUT2D eigenvalue weighted by molar-refractivity contribution is 7.92. The number of carbonyl (C=O) groups is 1. The van der Waals surface area contributed by atoms with Crippen molar-refractivity contribution in [3.63, 3.8) is 0 Å². The Hall–Kier alpha value is -1.70. The summed E-state index contributed by atoms with van der Waals surface area (Å²) in [6, 6.07) is 7.40. The number of aliphatic hydroxyl groups excluding tert-OH is 1. The number of hydrogen-bond acceptors (Lipinski definition) is 4. The van der Waals surface area contributed by atoms with Crippen LogP contribution in [-0.2, 0) is 14.8 Å². The second-order valence-electron chi connectivity index (χ2n) is 3.78. The predicted octanol–water partition coefficient (Wildman–Crippen LogP) is 0.412. The van der Waals surface area contributed by atoms with E-state index in [0.717, 1.165) is 5.41 Å². The Morgan fingerprint density at radius 2 is 1.95 bits per heavy atom. The molecular formula is C12H15NO5S. The van der Waals surface area contributed by atoms with E-state index in [2.05, 4.69) is 0 Å². The van der Waals surface area contributed by atoms with Crippen LogP contribution in [0.1, 0.15) is 12.0 Å². The van der Waals surface area contributed by atoms with Crippen LogP contribution in [0.5, 0.6) is 0 Å². The molecule has 0 aromatic heterocycles. The molecule has 1 rings (SSSR count). The summed E-state index contributed by atoms with van der Waals surface area (Å²) >= 11 is 0. The number of carboxylic acid groups (broad SMARTS) is 1. The topological polar surface area (TPSA) is 104 Å². The lowest BCUT2D eigenvalue weighted by Gasteiger charge is -2.11. The minimum absolute atomic E-state index is 0.187. The van der Waals surface area contributed by atoms with E-state index in [1.165, 1.54) is 6.08 Å². The van der Waals surface area contributed by atoms with E-state index in [9.17, 15) is 13.2 Å². The van der Waals surface area contributed by atoms with E-state index in [1.807, 2.05) is 4.72 Å². The van der Waals surface area contributed by atoms with Crippen molar-refractivity contribution < 1.29 is 23.4 Å². The van der Waals surface area contributed by atoms with Gasteiger partial charge < -0.3 is 10.2 Å². The summed E-state index contributed by atoms with van der Waals surface area (Å²) in [4.78, 5) is 10.8. The van der Waals surface area contributed by atoms with Gasteiger partial charge in [0.25, 0.3) is 0 Å². The molecule has 0 saturated heterocycles. The first-order chi connectivity index (χ1) is 8.94. The van der Waals surface area contributed by atoms with Gasteiger partial charge in [-0.05, 0) is 18.1 Å². The number of aliphatic hydroxyl groups is 1. The van der Waals surface area contributed by atoms with Gasteiger partial charge in [-0.1, -0.05) is 30.3 Å². The molecule has 1 aromatic rings. The Bertz CT molecular complexity index is 538. The van der Waals surface area contributed by atoms with E-state index < -0.39 is 28.6 Å². The lowest BCUT2D eigenvalue weighted by Crippen LogP contribution is -2.40. The first-order valence-electron chi connectivity index (χ1n) is 5.54. The van der Waals surface area contributed by atoms with Crippen LogP contribution in [0.4, 0.5) is 0 Å². The van der Waals surface area contributed by atoms with Crippen molar-refractivity contribution in [3.05, 3.63) is 41.3 Å². The number of carboxylic acids is 1. The van der Waals surface area contributed by atoms with Crippen LogP contribution >= 0.6 is 0 Å². The molecule has 0 spiro atoms. The SMILES string of the molecule is O=C(O)C(CCO)NS(=O)(=O)C=Cc1ccccc1. The van der Waals surface area contributed by atoms with Gasteiger partial charge in [0.05, 0.1) is 0 Å². The number of nitrogens with one attached hydrogen (secondary N) is 1. The Balaban J connectivity index is 2.76. The molecule has 0 aliphatic heterocycles. The van der Waals surface area contributed by atoms with Gasteiger partial charge in [-0.2, -0.15) is 4.72 Å². The van der Waals surface area contributed by atoms with Crippen molar-refractivity contribution in [1.29, 1.82) is 0 Å². The van der Waals surface area contributed by atoms with Gasteiger partial charge >= 0.3 is 5.97 Å². The van der Waals surface area contributed by atoms with Crippen LogP contribution in [-0.4, -0.2) is 37.2 Å². The minimum Gasteiger partial charge on any atom is -0.480 e. The van der Waals surface area contributed by atoms with Gasteiger partial charge in [0.15, 0.2) is 0 Å². The number of rotatable bonds is 7. The second kappa shape index (κ2) is 7.03. The molecule has 19 heavy (non-hydrogen) atoms. The van der Waals surface area contributed by atoms with Crippen molar-refractivity contribution in [3.8, 4) is 0 Å². The lowest BCUT2D eigenvalue weighted by molar-refractivity contribution is -0.139. The zero-order valence-electron chi connectivity index (χ0n) is 10.1. The summed E-state index contributed by atoms with van der Waals surface area (Å²) in [5.41, 5.74) is 0.682. The maximum Gasteiger partial charge on any atom is 0.321 e. The third-order valence-corrected chi connectivity index (χ3v) is 3.37. The molecule has 0 bridgehead atoms. The molecule has 1 aromatic carbocycles. The Morgan fingerprint density at radius 1 is 1.32 bits per heavy atom. The van der Waals surface area contributed by atoms with Crippen LogP contribution in [0.25, 0.3) is 6.08 Å². The highest BCUT2D eigenvalue weighted by Crippen LogP contribution is 2.04. The van der Waals surface area contributed by atoms with Gasteiger partial charge in [-0.15, -0.1) is 0 Å². The summed E-state index contributed by atoms with van der Waals surface area (Å²) in [6.07, 6.45) is 1.17. The van der Waals surface area contributed by atoms with E-state index >= 15 is 0 Å². The molecule has 6 nitrogen and oxygen atoms in total. The molecule has 0 heterocycles. The third-order valence-electron chi connectivity index (χ3n) is 2.26. The van der Waals surface area contributed by atoms with E-state index in [-0.39, 0.29) is 6.42 Å². The van der Waals surface area contributed by atoms with E-state index in [4.69, 9.17) is 10.2 Å². The zero-order valence-corrected chi connectivity index (χ0v) is 10.9. The lowest BCUT2D eigenvalue weighted by atomic mass is 10.2. The quantitative estimate of drug-likeness (QED) is 0.673. The summed E-state index contributed by atoms with van der Waals surface area (Å²) in [5, 5.41) is 18.4. The smallest absolute Gasteiger partial charge is 0.321 e. The molecule has 0 aliphatic carbocycles. The average molecular weight is 285 g/mol. The van der Waals surface area contributed by atoms with Gasteiger partial charge in [0, 0.05) is 12.0 Å². The Labute approximate surface area is 111 Å². The maximum atomic E-state index is 11.7. The summed E-state index contributed by atoms with van der Waals surface area (Å²) < 4.78 is 25.3. The van der Waals surface area contributed by atoms with Crippen LogP contribution in [0.2, 0.25) is 0 Å². The molecule has 0 saturated carbocycles. The van der Waals surface area contributed by atoms with E-state index in [1.54, 1.807) is 30.3 Å². The average Bonchev–Trinajstić information content (AvgIpc) is 2.37. The minimum atomic E-state index is -3.87. The monoisotopic (exact) mass is 285 g/mol. The van der Waals surface area contributed by atoms with Crippen LogP contribution in [0.15, 0.2) is 35.7 Å². The number of hydrogen-bond donors (Lipinski definition) is 3. The van der Waals surface area contributed by atoms with Crippen LogP contribution in [0.3, 0.4) is 0 Å². The van der Waals surface area contributed by atoms with Gasteiger partial charge in [-0.25, -0.2) is 8.42 Å². The van der Waals surface area contributed by atoms with Crippen LogP contribution < -0.4 is 4.72 Å². The summed E-state index contributed by atoms with van der Waals surface area (Å²) in [7, 11) is -3.87. The van der Waals surface area contributed by atoms with Crippen LogP contribution in [0, 0.1) is 0 Å². The zero-order chi connectivity index (χ0) is 14.3. The molecule has 1 atom stereocenters. The van der Waals surface area contributed by atoms with E-state index in [0.29, 0.717) is 5.56 Å². The van der Waals surface area contributed by atoms with Crippen molar-refractivity contribution in [1.82, 2.24) is 4.72 Å². The predicted molar refractivity (Wildman–Crippen MR) is 70.7 cm³/mol. The number of aliphatic carboxylic acids is 1. The fourth-order valence-corrected chi connectivity index (χ4v) is 2.36. The molecular weight excluding hydrogens is 270 g/mol. The molecule has 104 valence electrons. The molecule has 1 unspecified atom stereocenters. The summed E-state index contributed by atoms with van der Waals surface area (Å²) in [6.45, 7) is -0.415. The number of benzene rings is 1. The number of sulfonamides is 1. The summed E-state index contributed by atoms with van der Waals surface area (Å²) in [5.74, 6) is -1.33. The third kappa shape index (κ3) is 5.64. The first kappa shape index (κ1) is 15.4. The van der Waals surface area contributed by atoms with Crippen molar-refractivity contribution in [2.75, 3.05) is 6.61 Å². The fraction of sp³-hybridized carbons (Fsp3) is 0.250. The van der Waals surface area contributed by atoms with Crippen molar-refractivity contribution >= 4 is 22.1 Å². The first-order valence-corrected chi connectivity index (χ1v) is 7.08. The largest absolute Gasteiger partial charge is 0.480 e. The molecule has 0 amide bonds. The standard InChI is InChI=1S/C12H15NO5S/c14-8-6-11(12(15)16)13-19(17,18)9-7-10-4-2-1-3-5-10/h1-5,7,9,11,13-14H,6,8H2,(H,15,16). The molecule has 0 radical (unpaired) electrons. The Morgan fingerprint density at radius 3 is 2.47 bits per heavy atom. The molecule has 3 N–H and O–H groups in total. The molecule has 0 fully saturated rings. The Kier molecular flexibility index (Phi) is 5.68. The van der Waals surface area contributed by atoms with Gasteiger partial charge in [0.1, 0.15) is 6.04 Å². The molecule has 7 heteroatoms. The molecule has 0 aliphatic rings. The maximum absolute atomic E-state index is 11.7. The van der Waals surface area contributed by atoms with Gasteiger partial charge in [-0.3, -0.25) is 4.79 Å². The van der Waals surface area contributed by atoms with Gasteiger partial charge in [0.2, 0.25) is 10.0 Å². The van der Waals surface area contributed by atoms with Crippen molar-refractivity contribution in [2.24, 2.45) is 0 Å². The van der Waals surface area contributed by atoms with Crippen molar-refractivity contribution in [2.45, 2.75) is 12.5 Å². The second-order valence-corrected chi connectivity index (χ2v) is 5.38. The highest BCUT2D eigenvalue weighted by atomic mass is 32.2. The normalized spacial score (nSPS) is 13.5. The highest BCUT2D eigenvalue weighted by Gasteiger charge is 2.21.